The number of carbonyl (C=O) groups excluding carboxylic acids is 1. The summed E-state index contributed by atoms with van der Waals surface area (Å²) in [5, 5.41) is 0.234. The topological polar surface area (TPSA) is 46.1 Å². The van der Waals surface area contributed by atoms with Gasteiger partial charge in [-0.05, 0) is 24.2 Å². The number of aldehydes is 1. The third-order valence-corrected chi connectivity index (χ3v) is 4.25. The van der Waals surface area contributed by atoms with Gasteiger partial charge in [0.1, 0.15) is 17.3 Å². The van der Waals surface area contributed by atoms with Crippen LogP contribution >= 0.6 is 11.6 Å². The van der Waals surface area contributed by atoms with Crippen molar-refractivity contribution in [1.29, 1.82) is 0 Å². The van der Waals surface area contributed by atoms with E-state index in [1.165, 1.54) is 6.33 Å². The Bertz CT molecular complexity index is 462. The van der Waals surface area contributed by atoms with E-state index in [9.17, 15) is 4.79 Å². The lowest BCUT2D eigenvalue weighted by molar-refractivity contribution is 0.112. The molecular weight excluding hydrogens is 262 g/mol. The van der Waals surface area contributed by atoms with Gasteiger partial charge in [-0.3, -0.25) is 4.79 Å². The fourth-order valence-electron chi connectivity index (χ4n) is 2.68. The third kappa shape index (κ3) is 3.06. The zero-order chi connectivity index (χ0) is 14.0. The number of nitrogens with zero attached hydrogens (tertiary/aromatic N) is 3. The molecule has 4 nitrogen and oxygen atoms in total. The first kappa shape index (κ1) is 14.3. The molecule has 2 rings (SSSR count). The lowest BCUT2D eigenvalue weighted by atomic mass is 9.75. The van der Waals surface area contributed by atoms with Crippen LogP contribution in [0, 0.1) is 11.3 Å². The molecule has 0 radical (unpaired) electrons. The van der Waals surface area contributed by atoms with Gasteiger partial charge in [-0.1, -0.05) is 32.4 Å². The number of hydrogen-bond donors (Lipinski definition) is 0. The van der Waals surface area contributed by atoms with E-state index in [0.29, 0.717) is 22.7 Å². The normalized spacial score (nSPS) is 17.6. The molecule has 0 spiro atoms. The van der Waals surface area contributed by atoms with Gasteiger partial charge in [-0.25, -0.2) is 9.97 Å². The van der Waals surface area contributed by atoms with E-state index in [-0.39, 0.29) is 5.15 Å². The van der Waals surface area contributed by atoms with Gasteiger partial charge in [0, 0.05) is 13.1 Å². The molecule has 0 bridgehead atoms. The molecule has 1 fully saturated rings. The largest absolute Gasteiger partial charge is 0.356 e. The van der Waals surface area contributed by atoms with E-state index in [1.54, 1.807) is 0 Å². The molecule has 19 heavy (non-hydrogen) atoms. The van der Waals surface area contributed by atoms with Gasteiger partial charge in [0.05, 0.1) is 5.56 Å². The van der Waals surface area contributed by atoms with Crippen LogP contribution in [0.2, 0.25) is 5.15 Å². The lowest BCUT2D eigenvalue weighted by Crippen LogP contribution is -2.39. The van der Waals surface area contributed by atoms with Gasteiger partial charge in [-0.2, -0.15) is 0 Å². The van der Waals surface area contributed by atoms with Crippen LogP contribution in [0.25, 0.3) is 0 Å². The monoisotopic (exact) mass is 281 g/mol. The van der Waals surface area contributed by atoms with Gasteiger partial charge in [0.15, 0.2) is 6.29 Å². The molecule has 0 N–H and O–H groups in total. The first-order valence-electron chi connectivity index (χ1n) is 6.64. The van der Waals surface area contributed by atoms with E-state index < -0.39 is 0 Å². The van der Waals surface area contributed by atoms with E-state index in [4.69, 9.17) is 11.6 Å². The molecule has 2 heterocycles. The number of anilines is 1. The summed E-state index contributed by atoms with van der Waals surface area (Å²) in [4.78, 5) is 21.3. The summed E-state index contributed by atoms with van der Waals surface area (Å²) in [5.41, 5.74) is 0.737. The van der Waals surface area contributed by atoms with Crippen molar-refractivity contribution in [3.63, 3.8) is 0 Å². The summed E-state index contributed by atoms with van der Waals surface area (Å²) in [6.07, 6.45) is 4.39. The number of piperidine rings is 1. The molecule has 0 aromatic carbocycles. The average molecular weight is 282 g/mol. The Kier molecular flexibility index (Phi) is 4.09. The quantitative estimate of drug-likeness (QED) is 0.617. The summed E-state index contributed by atoms with van der Waals surface area (Å²) >= 11 is 5.94. The summed E-state index contributed by atoms with van der Waals surface area (Å²) in [5.74, 6) is 1.38. The molecule has 1 aromatic rings. The highest BCUT2D eigenvalue weighted by Crippen LogP contribution is 2.35. The molecule has 104 valence electrons. The molecule has 0 aliphatic carbocycles. The van der Waals surface area contributed by atoms with Crippen LogP contribution in [0.1, 0.15) is 44.0 Å². The van der Waals surface area contributed by atoms with Crippen LogP contribution in [0.15, 0.2) is 6.33 Å². The highest BCUT2D eigenvalue weighted by atomic mass is 35.5. The van der Waals surface area contributed by atoms with Gasteiger partial charge in [0.2, 0.25) is 0 Å². The summed E-state index contributed by atoms with van der Waals surface area (Å²) in [6.45, 7) is 8.68. The summed E-state index contributed by atoms with van der Waals surface area (Å²) in [7, 11) is 0. The van der Waals surface area contributed by atoms with Crippen LogP contribution in [0.4, 0.5) is 5.82 Å². The van der Waals surface area contributed by atoms with Gasteiger partial charge in [-0.15, -0.1) is 0 Å². The van der Waals surface area contributed by atoms with Crippen molar-refractivity contribution in [1.82, 2.24) is 9.97 Å². The Morgan fingerprint density at radius 1 is 1.32 bits per heavy atom. The molecule has 5 heteroatoms. The number of aromatic nitrogens is 2. The third-order valence-electron chi connectivity index (χ3n) is 3.95. The second-order valence-corrected chi connectivity index (χ2v) is 6.50. The smallest absolute Gasteiger partial charge is 0.156 e. The maximum absolute atomic E-state index is 11.1. The fourth-order valence-corrected chi connectivity index (χ4v) is 2.85. The highest BCUT2D eigenvalue weighted by molar-refractivity contribution is 6.32. The Morgan fingerprint density at radius 3 is 2.47 bits per heavy atom. The minimum atomic E-state index is 0.234. The van der Waals surface area contributed by atoms with Crippen LogP contribution in [-0.4, -0.2) is 29.3 Å². The van der Waals surface area contributed by atoms with Crippen LogP contribution in [0.5, 0.6) is 0 Å². The first-order chi connectivity index (χ1) is 8.93. The van der Waals surface area contributed by atoms with E-state index in [2.05, 4.69) is 35.6 Å². The second-order valence-electron chi connectivity index (χ2n) is 6.15. The van der Waals surface area contributed by atoms with Crippen LogP contribution in [0.3, 0.4) is 0 Å². The molecule has 1 saturated heterocycles. The fraction of sp³-hybridized carbons (Fsp3) is 0.643. The van der Waals surface area contributed by atoms with Crippen molar-refractivity contribution < 1.29 is 4.79 Å². The predicted molar refractivity (Wildman–Crippen MR) is 76.8 cm³/mol. The second kappa shape index (κ2) is 5.45. The Morgan fingerprint density at radius 2 is 1.95 bits per heavy atom. The molecule has 0 unspecified atom stereocenters. The summed E-state index contributed by atoms with van der Waals surface area (Å²) in [6, 6.07) is 0. The van der Waals surface area contributed by atoms with Crippen molar-refractivity contribution in [2.24, 2.45) is 11.3 Å². The zero-order valence-electron chi connectivity index (χ0n) is 11.7. The maximum atomic E-state index is 11.1. The van der Waals surface area contributed by atoms with Gasteiger partial charge in [0.25, 0.3) is 0 Å². The first-order valence-corrected chi connectivity index (χ1v) is 7.02. The van der Waals surface area contributed by atoms with Gasteiger partial charge < -0.3 is 4.90 Å². The molecule has 1 aromatic heterocycles. The number of halogens is 1. The maximum Gasteiger partial charge on any atom is 0.156 e. The van der Waals surface area contributed by atoms with Crippen molar-refractivity contribution in [2.75, 3.05) is 18.0 Å². The molecular formula is C14H20ClN3O. The zero-order valence-corrected chi connectivity index (χ0v) is 12.4. The summed E-state index contributed by atoms with van der Waals surface area (Å²) < 4.78 is 0. The molecule has 1 aliphatic rings. The standard InChI is InChI=1S/C14H20ClN3O/c1-14(2,3)10-4-6-18(7-5-10)13-11(8-19)12(15)16-9-17-13/h8-10H,4-7H2,1-3H3. The van der Waals surface area contributed by atoms with E-state index in [1.807, 2.05) is 0 Å². The lowest BCUT2D eigenvalue weighted by Gasteiger charge is -2.39. The van der Waals surface area contributed by atoms with Crippen LogP contribution in [-0.2, 0) is 0 Å². The number of hydrogen-bond acceptors (Lipinski definition) is 4. The Hall–Kier alpha value is -1.16. The van der Waals surface area contributed by atoms with E-state index >= 15 is 0 Å². The SMILES string of the molecule is CC(C)(C)C1CCN(c2ncnc(Cl)c2C=O)CC1. The molecule has 0 amide bonds. The Labute approximate surface area is 119 Å². The minimum absolute atomic E-state index is 0.234. The average Bonchev–Trinajstić information content (AvgIpc) is 2.37. The van der Waals surface area contributed by atoms with Crippen molar-refractivity contribution in [2.45, 2.75) is 33.6 Å². The van der Waals surface area contributed by atoms with E-state index in [0.717, 1.165) is 32.2 Å². The van der Waals surface area contributed by atoms with Crippen molar-refractivity contribution >= 4 is 23.7 Å². The van der Waals surface area contributed by atoms with Crippen molar-refractivity contribution in [3.05, 3.63) is 17.0 Å². The molecule has 0 saturated carbocycles. The minimum Gasteiger partial charge on any atom is -0.356 e. The number of carbonyl (C=O) groups is 1. The Balaban J connectivity index is 2.14. The predicted octanol–water partition coefficient (Wildman–Crippen LogP) is 3.21. The highest BCUT2D eigenvalue weighted by Gasteiger charge is 2.30. The van der Waals surface area contributed by atoms with Crippen LogP contribution < -0.4 is 4.90 Å². The van der Waals surface area contributed by atoms with Gasteiger partial charge >= 0.3 is 0 Å². The molecule has 0 atom stereocenters. The molecule has 1 aliphatic heterocycles. The number of rotatable bonds is 2. The van der Waals surface area contributed by atoms with Crippen molar-refractivity contribution in [3.8, 4) is 0 Å².